The van der Waals surface area contributed by atoms with Gasteiger partial charge in [-0.1, -0.05) is 324 Å². The summed E-state index contributed by atoms with van der Waals surface area (Å²) in [5.74, 6) is -1.41. The number of esters is 4. The summed E-state index contributed by atoms with van der Waals surface area (Å²) >= 11 is 0. The molecule has 0 radical (unpaired) electrons. The van der Waals surface area contributed by atoms with Crippen LogP contribution in [0.4, 0.5) is 0 Å². The van der Waals surface area contributed by atoms with Gasteiger partial charge in [0.2, 0.25) is 0 Å². The molecule has 0 aromatic carbocycles. The summed E-state index contributed by atoms with van der Waals surface area (Å²) in [5.41, 5.74) is 0. The molecule has 0 rings (SSSR count). The Labute approximate surface area is 556 Å². The van der Waals surface area contributed by atoms with Gasteiger partial charge in [-0.3, -0.25) is 37.3 Å². The topological polar surface area (TPSA) is 237 Å². The lowest BCUT2D eigenvalue weighted by atomic mass is 10.0. The third kappa shape index (κ3) is 66.5. The van der Waals surface area contributed by atoms with Crippen LogP contribution in [0.25, 0.3) is 0 Å². The first-order valence-electron chi connectivity index (χ1n) is 37.6. The Morgan fingerprint density at radius 3 is 0.747 bits per heavy atom. The maximum atomic E-state index is 13.0. The van der Waals surface area contributed by atoms with Crippen LogP contribution in [0, 0.1) is 5.92 Å². The summed E-state index contributed by atoms with van der Waals surface area (Å²) in [6.07, 6.45) is 53.3. The lowest BCUT2D eigenvalue weighted by molar-refractivity contribution is -0.161. The second-order valence-corrected chi connectivity index (χ2v) is 29.4. The second-order valence-electron chi connectivity index (χ2n) is 26.5. The number of hydrogen-bond acceptors (Lipinski definition) is 15. The predicted octanol–water partition coefficient (Wildman–Crippen LogP) is 20.9. The van der Waals surface area contributed by atoms with Gasteiger partial charge in [0.1, 0.15) is 19.3 Å². The number of unbranched alkanes of at least 4 members (excludes halogenated alkanes) is 44. The largest absolute Gasteiger partial charge is 0.472 e. The first-order chi connectivity index (χ1) is 44.0. The van der Waals surface area contributed by atoms with Gasteiger partial charge in [-0.05, 0) is 31.6 Å². The van der Waals surface area contributed by atoms with E-state index in [1.165, 1.54) is 193 Å². The van der Waals surface area contributed by atoms with Crippen LogP contribution in [0.15, 0.2) is 0 Å². The van der Waals surface area contributed by atoms with E-state index in [4.69, 9.17) is 37.0 Å². The van der Waals surface area contributed by atoms with Crippen molar-refractivity contribution in [2.45, 2.75) is 393 Å². The van der Waals surface area contributed by atoms with E-state index in [2.05, 4.69) is 34.6 Å². The van der Waals surface area contributed by atoms with Crippen LogP contribution in [0.2, 0.25) is 0 Å². The van der Waals surface area contributed by atoms with Crippen LogP contribution in [-0.2, 0) is 65.4 Å². The Bertz CT molecular complexity index is 1750. The Morgan fingerprint density at radius 1 is 0.297 bits per heavy atom. The number of aliphatic hydroxyl groups excluding tert-OH is 1. The van der Waals surface area contributed by atoms with Gasteiger partial charge in [0, 0.05) is 25.7 Å². The zero-order chi connectivity index (χ0) is 67.0. The third-order valence-corrected chi connectivity index (χ3v) is 18.7. The maximum Gasteiger partial charge on any atom is 0.472 e. The van der Waals surface area contributed by atoms with Gasteiger partial charge < -0.3 is 33.8 Å². The normalized spacial score (nSPS) is 14.0. The highest BCUT2D eigenvalue weighted by Crippen LogP contribution is 2.45. The number of phosphoric ester groups is 2. The molecule has 0 saturated heterocycles. The van der Waals surface area contributed by atoms with Crippen molar-refractivity contribution in [3.8, 4) is 0 Å². The molecule has 0 spiro atoms. The van der Waals surface area contributed by atoms with E-state index < -0.39 is 97.5 Å². The first-order valence-corrected chi connectivity index (χ1v) is 40.6. The van der Waals surface area contributed by atoms with Gasteiger partial charge in [0.15, 0.2) is 12.2 Å². The van der Waals surface area contributed by atoms with Gasteiger partial charge >= 0.3 is 39.5 Å². The highest BCUT2D eigenvalue weighted by Gasteiger charge is 2.30. The van der Waals surface area contributed by atoms with Crippen LogP contribution < -0.4 is 0 Å². The summed E-state index contributed by atoms with van der Waals surface area (Å²) < 4.78 is 68.1. The smallest absolute Gasteiger partial charge is 0.462 e. The van der Waals surface area contributed by atoms with Crippen LogP contribution in [-0.4, -0.2) is 96.7 Å². The van der Waals surface area contributed by atoms with Crippen molar-refractivity contribution in [2.75, 3.05) is 39.6 Å². The van der Waals surface area contributed by atoms with E-state index in [-0.39, 0.29) is 25.7 Å². The quantitative estimate of drug-likeness (QED) is 0.0222. The number of ether oxygens (including phenoxy) is 4. The fraction of sp³-hybridized carbons (Fsp3) is 0.944. The molecule has 91 heavy (non-hydrogen) atoms. The lowest BCUT2D eigenvalue weighted by Gasteiger charge is -2.21. The molecule has 0 amide bonds. The molecule has 0 aliphatic rings. The molecular formula is C72H140O17P2. The molecule has 0 aliphatic carbocycles. The molecule has 0 aromatic rings. The molecule has 0 saturated carbocycles. The zero-order valence-electron chi connectivity index (χ0n) is 59.0. The summed E-state index contributed by atoms with van der Waals surface area (Å²) in [6, 6.07) is 0. The third-order valence-electron chi connectivity index (χ3n) is 16.8. The van der Waals surface area contributed by atoms with Crippen LogP contribution in [0.3, 0.4) is 0 Å². The summed E-state index contributed by atoms with van der Waals surface area (Å²) in [6.45, 7) is 7.13. The lowest BCUT2D eigenvalue weighted by Crippen LogP contribution is -2.30. The van der Waals surface area contributed by atoms with Crippen molar-refractivity contribution in [2.24, 2.45) is 5.92 Å². The van der Waals surface area contributed by atoms with Crippen LogP contribution in [0.1, 0.15) is 375 Å². The molecule has 540 valence electrons. The van der Waals surface area contributed by atoms with Gasteiger partial charge in [-0.25, -0.2) is 9.13 Å². The molecule has 0 heterocycles. The maximum absolute atomic E-state index is 13.0. The van der Waals surface area contributed by atoms with Crippen molar-refractivity contribution in [3.63, 3.8) is 0 Å². The number of hydrogen-bond donors (Lipinski definition) is 3. The molecule has 0 bridgehead atoms. The van der Waals surface area contributed by atoms with Crippen molar-refractivity contribution in [1.82, 2.24) is 0 Å². The van der Waals surface area contributed by atoms with Gasteiger partial charge in [0.25, 0.3) is 0 Å². The summed E-state index contributed by atoms with van der Waals surface area (Å²) in [7, 11) is -9.89. The van der Waals surface area contributed by atoms with Crippen molar-refractivity contribution in [1.29, 1.82) is 0 Å². The highest BCUT2D eigenvalue weighted by molar-refractivity contribution is 7.47. The fourth-order valence-corrected chi connectivity index (χ4v) is 12.6. The number of aliphatic hydroxyl groups is 1. The van der Waals surface area contributed by atoms with Crippen molar-refractivity contribution >= 4 is 39.5 Å². The Hall–Kier alpha value is -1.94. The molecule has 0 fully saturated rings. The first kappa shape index (κ1) is 89.1. The Kier molecular flexibility index (Phi) is 64.0. The van der Waals surface area contributed by atoms with Gasteiger partial charge in [-0.2, -0.15) is 0 Å². The van der Waals surface area contributed by atoms with Gasteiger partial charge in [-0.15, -0.1) is 0 Å². The van der Waals surface area contributed by atoms with E-state index in [9.17, 15) is 43.2 Å². The molecule has 2 unspecified atom stereocenters. The summed E-state index contributed by atoms with van der Waals surface area (Å²) in [5, 5.41) is 10.6. The Morgan fingerprint density at radius 2 is 0.505 bits per heavy atom. The standard InChI is InChI=1S/C72H140O17P2/c1-6-9-12-15-17-19-21-23-25-27-29-31-33-35-37-42-47-52-57-71(76)89-68(62-83-70(75)56-51-46-41-36-34-32-30-28-26-24-22-20-18-16-13-10-7-2)64-87-91(80,81)85-60-66(73)59-84-90(78,79)86-63-67(61-82-69(74)55-50-44-14-11-8-3)88-72(77)58-53-48-43-39-38-40-45-49-54-65(4)5/h65-68,73H,6-64H2,1-5H3,(H,78,79)(H,80,81)/t66-,67+,68+/m0/s1. The predicted molar refractivity (Wildman–Crippen MR) is 368 cm³/mol. The number of rotatable bonds is 72. The average molecular weight is 1340 g/mol. The second kappa shape index (κ2) is 65.4. The van der Waals surface area contributed by atoms with E-state index >= 15 is 0 Å². The zero-order valence-corrected chi connectivity index (χ0v) is 60.8. The summed E-state index contributed by atoms with van der Waals surface area (Å²) in [4.78, 5) is 72.3. The SMILES string of the molecule is CCCCCCCCCCCCCCCCCCCCC(=O)O[C@H](COC(=O)CCCCCCCCCCCCCCCCCCC)COP(=O)(O)OC[C@@H](O)COP(=O)(O)OC[C@@H](COC(=O)CCCCCCC)OC(=O)CCCCCCCCCCC(C)C. The van der Waals surface area contributed by atoms with E-state index in [0.29, 0.717) is 25.7 Å². The van der Waals surface area contributed by atoms with E-state index in [1.54, 1.807) is 0 Å². The molecule has 17 nitrogen and oxygen atoms in total. The molecule has 0 aliphatic heterocycles. The molecule has 19 heteroatoms. The number of carbonyl (C=O) groups excluding carboxylic acids is 4. The van der Waals surface area contributed by atoms with E-state index in [1.807, 2.05) is 0 Å². The van der Waals surface area contributed by atoms with Crippen LogP contribution >= 0.6 is 15.6 Å². The molecule has 5 atom stereocenters. The average Bonchev–Trinajstić information content (AvgIpc) is 3.46. The van der Waals surface area contributed by atoms with E-state index in [0.717, 1.165) is 102 Å². The minimum atomic E-state index is -4.95. The molecular weight excluding hydrogens is 1200 g/mol. The van der Waals surface area contributed by atoms with Gasteiger partial charge in [0.05, 0.1) is 26.4 Å². The van der Waals surface area contributed by atoms with Crippen molar-refractivity contribution < 1.29 is 80.2 Å². The van der Waals surface area contributed by atoms with Crippen molar-refractivity contribution in [3.05, 3.63) is 0 Å². The number of phosphoric acid groups is 2. The fourth-order valence-electron chi connectivity index (χ4n) is 11.0. The monoisotopic (exact) mass is 1340 g/mol. The van der Waals surface area contributed by atoms with Crippen LogP contribution in [0.5, 0.6) is 0 Å². The minimum Gasteiger partial charge on any atom is -0.462 e. The Balaban J connectivity index is 5.14. The highest BCUT2D eigenvalue weighted by atomic mass is 31.2. The molecule has 0 aromatic heterocycles. The minimum absolute atomic E-state index is 0.104. The number of carbonyl (C=O) groups is 4. The molecule has 3 N–H and O–H groups in total.